The van der Waals surface area contributed by atoms with Gasteiger partial charge in [-0.3, -0.25) is 14.0 Å². The monoisotopic (exact) mass is 488 g/mol. The summed E-state index contributed by atoms with van der Waals surface area (Å²) in [7, 11) is 3.32. The Morgan fingerprint density at radius 2 is 1.83 bits per heavy atom. The number of nitrogens with zero attached hydrogens (tertiary/aromatic N) is 7. The van der Waals surface area contributed by atoms with Gasteiger partial charge < -0.3 is 10.1 Å². The molecule has 0 aromatic carbocycles. The Morgan fingerprint density at radius 3 is 2.49 bits per heavy atom. The topological polar surface area (TPSA) is 87.6 Å². The fourth-order valence-corrected chi connectivity index (χ4v) is 4.68. The molecule has 0 spiro atoms. The van der Waals surface area contributed by atoms with Crippen LogP contribution in [0.1, 0.15) is 44.3 Å². The standard InChI is InChI=1S/C23H27F3N8O/c1-4-27-20-9-18-17(11-28-20)21(14-10-29-32(2)12-14)30-34(18)15-5-7-16(8-6-15)35-19-13-33(3)31-22(19)23(24,25)26/h9-13,15-16H,4-8H2,1-3H3,(H,27,28). The molecule has 1 aliphatic carbocycles. The summed E-state index contributed by atoms with van der Waals surface area (Å²) in [4.78, 5) is 4.53. The highest BCUT2D eigenvalue weighted by atomic mass is 19.4. The van der Waals surface area contributed by atoms with Gasteiger partial charge in [0, 0.05) is 50.0 Å². The number of fused-ring (bicyclic) bond motifs is 1. The van der Waals surface area contributed by atoms with Crippen molar-refractivity contribution in [1.82, 2.24) is 34.3 Å². The number of hydrogen-bond acceptors (Lipinski definition) is 6. The largest absolute Gasteiger partial charge is 0.486 e. The van der Waals surface area contributed by atoms with Crippen LogP contribution in [0, 0.1) is 0 Å². The lowest BCUT2D eigenvalue weighted by Gasteiger charge is -2.29. The second kappa shape index (κ2) is 8.90. The van der Waals surface area contributed by atoms with Crippen LogP contribution in [-0.4, -0.2) is 47.0 Å². The molecule has 0 radical (unpaired) electrons. The molecule has 1 fully saturated rings. The van der Waals surface area contributed by atoms with Gasteiger partial charge in [0.1, 0.15) is 11.5 Å². The SMILES string of the molecule is CCNc1cc2c(cn1)c(-c1cnn(C)c1)nn2C1CCC(Oc2cn(C)nc2C(F)(F)F)CC1. The number of anilines is 1. The molecule has 1 aliphatic rings. The summed E-state index contributed by atoms with van der Waals surface area (Å²) in [5.41, 5.74) is 1.70. The molecular weight excluding hydrogens is 461 g/mol. The van der Waals surface area contributed by atoms with E-state index in [0.717, 1.165) is 52.0 Å². The molecule has 186 valence electrons. The van der Waals surface area contributed by atoms with Crippen molar-refractivity contribution in [3.8, 4) is 17.0 Å². The minimum atomic E-state index is -4.55. The Hall–Kier alpha value is -3.57. The molecule has 4 aromatic heterocycles. The van der Waals surface area contributed by atoms with E-state index in [1.807, 2.05) is 37.1 Å². The molecule has 5 rings (SSSR count). The highest BCUT2D eigenvalue weighted by Crippen LogP contribution is 2.39. The summed E-state index contributed by atoms with van der Waals surface area (Å²) in [5.74, 6) is 0.556. The molecule has 0 unspecified atom stereocenters. The quantitative estimate of drug-likeness (QED) is 0.428. The Balaban J connectivity index is 1.39. The summed E-state index contributed by atoms with van der Waals surface area (Å²) < 4.78 is 50.6. The first-order valence-corrected chi connectivity index (χ1v) is 11.6. The van der Waals surface area contributed by atoms with Crippen LogP contribution in [0.4, 0.5) is 19.0 Å². The van der Waals surface area contributed by atoms with Crippen molar-refractivity contribution in [2.45, 2.75) is 50.9 Å². The zero-order valence-corrected chi connectivity index (χ0v) is 19.7. The van der Waals surface area contributed by atoms with E-state index in [1.165, 1.54) is 13.2 Å². The third-order valence-electron chi connectivity index (χ3n) is 6.27. The van der Waals surface area contributed by atoms with Gasteiger partial charge in [-0.1, -0.05) is 0 Å². The average Bonchev–Trinajstić information content (AvgIpc) is 3.51. The number of alkyl halides is 3. The molecule has 1 N–H and O–H groups in total. The molecule has 0 amide bonds. The predicted octanol–water partition coefficient (Wildman–Crippen LogP) is 4.58. The maximum absolute atomic E-state index is 13.3. The number of aromatic nitrogens is 7. The van der Waals surface area contributed by atoms with Gasteiger partial charge in [0.25, 0.3) is 0 Å². The van der Waals surface area contributed by atoms with E-state index in [-0.39, 0.29) is 17.9 Å². The zero-order valence-electron chi connectivity index (χ0n) is 19.7. The van der Waals surface area contributed by atoms with E-state index in [4.69, 9.17) is 9.84 Å². The van der Waals surface area contributed by atoms with E-state index >= 15 is 0 Å². The Kier molecular flexibility index (Phi) is 5.89. The average molecular weight is 489 g/mol. The van der Waals surface area contributed by atoms with Crippen LogP contribution in [0.5, 0.6) is 5.75 Å². The maximum atomic E-state index is 13.3. The normalized spacial score (nSPS) is 18.8. The Labute approximate surface area is 199 Å². The van der Waals surface area contributed by atoms with Gasteiger partial charge in [0.05, 0.1) is 30.1 Å². The van der Waals surface area contributed by atoms with Crippen LogP contribution in [0.25, 0.3) is 22.2 Å². The highest BCUT2D eigenvalue weighted by Gasteiger charge is 2.39. The summed E-state index contributed by atoms with van der Waals surface area (Å²) in [6.45, 7) is 2.76. The van der Waals surface area contributed by atoms with Gasteiger partial charge in [-0.25, -0.2) is 4.98 Å². The molecule has 12 heteroatoms. The molecule has 1 saturated carbocycles. The lowest BCUT2D eigenvalue weighted by atomic mass is 9.93. The summed E-state index contributed by atoms with van der Waals surface area (Å²) in [6, 6.07) is 2.09. The second-order valence-electron chi connectivity index (χ2n) is 8.87. The molecule has 35 heavy (non-hydrogen) atoms. The van der Waals surface area contributed by atoms with Crippen LogP contribution >= 0.6 is 0 Å². The summed E-state index contributed by atoms with van der Waals surface area (Å²) >= 11 is 0. The predicted molar refractivity (Wildman–Crippen MR) is 124 cm³/mol. The van der Waals surface area contributed by atoms with E-state index in [9.17, 15) is 13.2 Å². The molecule has 0 bridgehead atoms. The highest BCUT2D eigenvalue weighted by molar-refractivity contribution is 5.93. The fraction of sp³-hybridized carbons (Fsp3) is 0.478. The molecule has 4 aromatic rings. The summed E-state index contributed by atoms with van der Waals surface area (Å²) in [6.07, 6.45) is 4.64. The van der Waals surface area contributed by atoms with Crippen molar-refractivity contribution in [3.63, 3.8) is 0 Å². The number of nitrogens with one attached hydrogen (secondary N) is 1. The zero-order chi connectivity index (χ0) is 24.7. The summed E-state index contributed by atoms with van der Waals surface area (Å²) in [5, 5.41) is 16.9. The van der Waals surface area contributed by atoms with E-state index < -0.39 is 11.9 Å². The molecule has 4 heterocycles. The van der Waals surface area contributed by atoms with E-state index in [0.29, 0.717) is 12.8 Å². The van der Waals surface area contributed by atoms with Gasteiger partial charge >= 0.3 is 6.18 Å². The lowest BCUT2D eigenvalue weighted by molar-refractivity contribution is -0.143. The number of aryl methyl sites for hydroxylation is 2. The van der Waals surface area contributed by atoms with E-state index in [2.05, 4.69) is 20.5 Å². The van der Waals surface area contributed by atoms with Crippen molar-refractivity contribution < 1.29 is 17.9 Å². The van der Waals surface area contributed by atoms with Crippen molar-refractivity contribution in [2.24, 2.45) is 14.1 Å². The molecule has 0 atom stereocenters. The van der Waals surface area contributed by atoms with Gasteiger partial charge in [-0.2, -0.15) is 28.5 Å². The van der Waals surface area contributed by atoms with Crippen LogP contribution < -0.4 is 10.1 Å². The van der Waals surface area contributed by atoms with Gasteiger partial charge in [-0.05, 0) is 32.6 Å². The number of halogens is 3. The van der Waals surface area contributed by atoms with Crippen molar-refractivity contribution in [1.29, 1.82) is 0 Å². The van der Waals surface area contributed by atoms with Crippen molar-refractivity contribution in [3.05, 3.63) is 36.5 Å². The molecule has 0 aliphatic heterocycles. The Bertz CT molecular complexity index is 1330. The van der Waals surface area contributed by atoms with Gasteiger partial charge in [-0.15, -0.1) is 0 Å². The second-order valence-corrected chi connectivity index (χ2v) is 8.87. The van der Waals surface area contributed by atoms with Gasteiger partial charge in [0.2, 0.25) is 5.69 Å². The molecular formula is C23H27F3N8O. The minimum Gasteiger partial charge on any atom is -0.486 e. The first kappa shape index (κ1) is 23.2. The van der Waals surface area contributed by atoms with Crippen LogP contribution in [0.3, 0.4) is 0 Å². The van der Waals surface area contributed by atoms with Crippen LogP contribution in [-0.2, 0) is 20.3 Å². The van der Waals surface area contributed by atoms with Crippen LogP contribution in [0.2, 0.25) is 0 Å². The molecule has 0 saturated heterocycles. The first-order chi connectivity index (χ1) is 16.7. The smallest absolute Gasteiger partial charge is 0.438 e. The number of hydrogen-bond donors (Lipinski definition) is 1. The third-order valence-corrected chi connectivity index (χ3v) is 6.27. The van der Waals surface area contributed by atoms with Crippen molar-refractivity contribution >= 4 is 16.7 Å². The number of rotatable bonds is 6. The third kappa shape index (κ3) is 4.56. The maximum Gasteiger partial charge on any atom is 0.438 e. The van der Waals surface area contributed by atoms with Gasteiger partial charge in [0.15, 0.2) is 5.75 Å². The number of pyridine rings is 1. The number of ether oxygens (including phenoxy) is 1. The van der Waals surface area contributed by atoms with Crippen LogP contribution in [0.15, 0.2) is 30.9 Å². The van der Waals surface area contributed by atoms with E-state index in [1.54, 1.807) is 10.9 Å². The Morgan fingerprint density at radius 1 is 1.06 bits per heavy atom. The fourth-order valence-electron chi connectivity index (χ4n) is 4.68. The lowest BCUT2D eigenvalue weighted by Crippen LogP contribution is -2.27. The first-order valence-electron chi connectivity index (χ1n) is 11.6. The van der Waals surface area contributed by atoms with Crippen molar-refractivity contribution in [2.75, 3.05) is 11.9 Å². The minimum absolute atomic E-state index is 0.0932. The molecule has 9 nitrogen and oxygen atoms in total.